The van der Waals surface area contributed by atoms with Crippen LogP contribution in [0.3, 0.4) is 0 Å². The van der Waals surface area contributed by atoms with E-state index < -0.39 is 38.3 Å². The summed E-state index contributed by atoms with van der Waals surface area (Å²) >= 11 is 0. The molecule has 10 heteroatoms. The van der Waals surface area contributed by atoms with Crippen molar-refractivity contribution in [2.24, 2.45) is 0 Å². The first-order valence-electron chi connectivity index (χ1n) is 5.51. The Labute approximate surface area is 117 Å². The molecule has 0 unspecified atom stereocenters. The van der Waals surface area contributed by atoms with E-state index in [0.717, 1.165) is 19.3 Å². The van der Waals surface area contributed by atoms with Crippen LogP contribution in [0.1, 0.15) is 5.56 Å². The maximum atomic E-state index is 13.7. The topological polar surface area (TPSA) is 64.0 Å². The first-order valence-corrected chi connectivity index (χ1v) is 7.00. The van der Waals surface area contributed by atoms with E-state index in [1.807, 2.05) is 4.72 Å². The van der Waals surface area contributed by atoms with Crippen molar-refractivity contribution in [1.82, 2.24) is 14.5 Å². The Morgan fingerprint density at radius 3 is 2.48 bits per heavy atom. The third kappa shape index (κ3) is 2.90. The number of halogens is 4. The van der Waals surface area contributed by atoms with Gasteiger partial charge in [0.05, 0.1) is 11.8 Å². The highest BCUT2D eigenvalue weighted by Gasteiger charge is 2.32. The van der Waals surface area contributed by atoms with Gasteiger partial charge in [0.1, 0.15) is 11.5 Å². The molecule has 0 saturated carbocycles. The van der Waals surface area contributed by atoms with E-state index in [1.54, 1.807) is 0 Å². The average Bonchev–Trinajstić information content (AvgIpc) is 2.87. The van der Waals surface area contributed by atoms with Crippen molar-refractivity contribution in [1.29, 1.82) is 0 Å². The van der Waals surface area contributed by atoms with E-state index in [0.29, 0.717) is 22.9 Å². The number of aromatic nitrogens is 2. The van der Waals surface area contributed by atoms with Gasteiger partial charge in [0, 0.05) is 0 Å². The van der Waals surface area contributed by atoms with Crippen molar-refractivity contribution in [2.75, 3.05) is 7.05 Å². The summed E-state index contributed by atoms with van der Waals surface area (Å²) in [5.41, 5.74) is -1.72. The SMILES string of the molecule is CNS(=O)(=O)c1ccnn1-c1cc(C(F)(F)F)ccc1F. The molecular weight excluding hydrogens is 314 g/mol. The highest BCUT2D eigenvalue weighted by molar-refractivity contribution is 7.89. The summed E-state index contributed by atoms with van der Waals surface area (Å²) in [4.78, 5) is 0. The second kappa shape index (κ2) is 5.11. The molecule has 0 fully saturated rings. The zero-order chi connectivity index (χ0) is 15.8. The molecule has 2 aromatic rings. The molecule has 0 spiro atoms. The second-order valence-electron chi connectivity index (χ2n) is 3.95. The Kier molecular flexibility index (Phi) is 3.76. The van der Waals surface area contributed by atoms with Gasteiger partial charge < -0.3 is 0 Å². The van der Waals surface area contributed by atoms with Gasteiger partial charge >= 0.3 is 6.18 Å². The van der Waals surface area contributed by atoms with Crippen LogP contribution in [0.2, 0.25) is 0 Å². The average molecular weight is 323 g/mol. The number of rotatable bonds is 3. The second-order valence-corrected chi connectivity index (χ2v) is 5.79. The van der Waals surface area contributed by atoms with Crippen LogP contribution in [0.4, 0.5) is 17.6 Å². The molecule has 114 valence electrons. The molecule has 1 heterocycles. The Bertz CT molecular complexity index is 768. The van der Waals surface area contributed by atoms with Crippen LogP contribution in [0.5, 0.6) is 0 Å². The molecular formula is C11H9F4N3O2S. The number of sulfonamides is 1. The van der Waals surface area contributed by atoms with Gasteiger partial charge in [0.15, 0.2) is 5.03 Å². The lowest BCUT2D eigenvalue weighted by molar-refractivity contribution is -0.137. The maximum Gasteiger partial charge on any atom is 0.416 e. The van der Waals surface area contributed by atoms with E-state index >= 15 is 0 Å². The summed E-state index contributed by atoms with van der Waals surface area (Å²) in [6.45, 7) is 0. The van der Waals surface area contributed by atoms with Crippen molar-refractivity contribution >= 4 is 10.0 Å². The van der Waals surface area contributed by atoms with Crippen molar-refractivity contribution in [3.05, 3.63) is 41.8 Å². The minimum atomic E-state index is -4.68. The molecule has 0 bridgehead atoms. The van der Waals surface area contributed by atoms with Gasteiger partial charge in [-0.25, -0.2) is 22.2 Å². The minimum absolute atomic E-state index is 0.469. The Balaban J connectivity index is 2.67. The molecule has 0 atom stereocenters. The molecule has 5 nitrogen and oxygen atoms in total. The van der Waals surface area contributed by atoms with Gasteiger partial charge in [0.2, 0.25) is 0 Å². The van der Waals surface area contributed by atoms with Crippen LogP contribution >= 0.6 is 0 Å². The molecule has 1 aromatic carbocycles. The molecule has 1 N–H and O–H groups in total. The highest BCUT2D eigenvalue weighted by Crippen LogP contribution is 2.31. The molecule has 0 aliphatic heterocycles. The largest absolute Gasteiger partial charge is 0.416 e. The molecule has 0 radical (unpaired) electrons. The Morgan fingerprint density at radius 1 is 1.24 bits per heavy atom. The van der Waals surface area contributed by atoms with Crippen LogP contribution in [-0.4, -0.2) is 25.2 Å². The quantitative estimate of drug-likeness (QED) is 0.878. The Morgan fingerprint density at radius 2 is 1.90 bits per heavy atom. The minimum Gasteiger partial charge on any atom is -0.218 e. The zero-order valence-corrected chi connectivity index (χ0v) is 11.3. The lowest BCUT2D eigenvalue weighted by Gasteiger charge is -2.12. The monoisotopic (exact) mass is 323 g/mol. The van der Waals surface area contributed by atoms with Gasteiger partial charge in [0.25, 0.3) is 10.0 Å². The zero-order valence-electron chi connectivity index (χ0n) is 10.5. The lowest BCUT2D eigenvalue weighted by atomic mass is 10.2. The fourth-order valence-electron chi connectivity index (χ4n) is 1.63. The van der Waals surface area contributed by atoms with Crippen LogP contribution < -0.4 is 4.72 Å². The summed E-state index contributed by atoms with van der Waals surface area (Å²) in [5, 5.41) is 3.11. The van der Waals surface area contributed by atoms with Gasteiger partial charge in [-0.2, -0.15) is 18.3 Å². The number of hydrogen-bond donors (Lipinski definition) is 1. The first kappa shape index (κ1) is 15.4. The van der Waals surface area contributed by atoms with E-state index in [-0.39, 0.29) is 0 Å². The van der Waals surface area contributed by atoms with E-state index in [4.69, 9.17) is 0 Å². The number of nitrogens with one attached hydrogen (secondary N) is 1. The summed E-state index contributed by atoms with van der Waals surface area (Å²) in [6, 6.07) is 2.72. The van der Waals surface area contributed by atoms with Gasteiger partial charge in [-0.3, -0.25) is 0 Å². The number of benzene rings is 1. The van der Waals surface area contributed by atoms with Gasteiger partial charge in [-0.1, -0.05) is 0 Å². The van der Waals surface area contributed by atoms with Crippen LogP contribution in [0.25, 0.3) is 5.69 Å². The molecule has 21 heavy (non-hydrogen) atoms. The maximum absolute atomic E-state index is 13.7. The summed E-state index contributed by atoms with van der Waals surface area (Å²) in [5.74, 6) is -1.03. The molecule has 0 aliphatic rings. The van der Waals surface area contributed by atoms with Gasteiger partial charge in [-0.05, 0) is 31.3 Å². The summed E-state index contributed by atoms with van der Waals surface area (Å²) in [6.07, 6.45) is -3.64. The molecule has 2 rings (SSSR count). The standard InChI is InChI=1S/C11H9F4N3O2S/c1-16-21(19,20)10-4-5-17-18(10)9-6-7(11(13,14)15)2-3-8(9)12/h2-6,16H,1H3. The third-order valence-electron chi connectivity index (χ3n) is 2.65. The van der Waals surface area contributed by atoms with E-state index in [1.165, 1.54) is 0 Å². The fraction of sp³-hybridized carbons (Fsp3) is 0.182. The first-order chi connectivity index (χ1) is 9.66. The smallest absolute Gasteiger partial charge is 0.218 e. The lowest BCUT2D eigenvalue weighted by Crippen LogP contribution is -2.22. The van der Waals surface area contributed by atoms with Crippen LogP contribution in [0, 0.1) is 5.82 Å². The number of alkyl halides is 3. The van der Waals surface area contributed by atoms with E-state index in [2.05, 4.69) is 5.10 Å². The molecule has 0 amide bonds. The van der Waals surface area contributed by atoms with E-state index in [9.17, 15) is 26.0 Å². The fourth-order valence-corrected chi connectivity index (χ4v) is 2.45. The number of hydrogen-bond acceptors (Lipinski definition) is 3. The predicted molar refractivity (Wildman–Crippen MR) is 64.8 cm³/mol. The van der Waals surface area contributed by atoms with Crippen molar-refractivity contribution < 1.29 is 26.0 Å². The Hall–Kier alpha value is -1.94. The molecule has 0 saturated heterocycles. The predicted octanol–water partition coefficient (Wildman–Crippen LogP) is 1.94. The van der Waals surface area contributed by atoms with Crippen molar-refractivity contribution in [3.8, 4) is 5.69 Å². The van der Waals surface area contributed by atoms with Crippen LogP contribution in [-0.2, 0) is 16.2 Å². The summed E-state index contributed by atoms with van der Waals surface area (Å²) in [7, 11) is -2.88. The number of nitrogens with zero attached hydrogens (tertiary/aromatic N) is 2. The van der Waals surface area contributed by atoms with Gasteiger partial charge in [-0.15, -0.1) is 0 Å². The normalized spacial score (nSPS) is 12.6. The summed E-state index contributed by atoms with van der Waals surface area (Å²) < 4.78 is 77.8. The van der Waals surface area contributed by atoms with Crippen LogP contribution in [0.15, 0.2) is 35.5 Å². The highest BCUT2D eigenvalue weighted by atomic mass is 32.2. The van der Waals surface area contributed by atoms with Crippen molar-refractivity contribution in [3.63, 3.8) is 0 Å². The van der Waals surface area contributed by atoms with Crippen molar-refractivity contribution in [2.45, 2.75) is 11.2 Å². The third-order valence-corrected chi connectivity index (χ3v) is 4.05. The molecule has 1 aromatic heterocycles. The molecule has 0 aliphatic carbocycles.